The molecule has 0 amide bonds. The van der Waals surface area contributed by atoms with Gasteiger partial charge in [0.1, 0.15) is 0 Å². The number of nitrogens with zero attached hydrogens (tertiary/aromatic N) is 1. The predicted octanol–water partition coefficient (Wildman–Crippen LogP) is 2.26. The molecule has 0 aliphatic heterocycles. The molecule has 0 aliphatic rings. The first-order chi connectivity index (χ1) is 12.9. The zero-order valence-corrected chi connectivity index (χ0v) is 16.6. The first-order valence-corrected chi connectivity index (χ1v) is 10.9. The highest BCUT2D eigenvalue weighted by Gasteiger charge is 2.08. The summed E-state index contributed by atoms with van der Waals surface area (Å²) in [5.74, 6) is -0.213. The number of esters is 1. The molecule has 1 N–H and O–H groups in total. The zero-order valence-electron chi connectivity index (χ0n) is 15.8. The molecular formula is C20H26N2O4S. The van der Waals surface area contributed by atoms with Crippen molar-refractivity contribution >= 4 is 16.0 Å². The third-order valence-electron chi connectivity index (χ3n) is 3.94. The molecule has 0 radical (unpaired) electrons. The molecule has 2 rings (SSSR count). The molecule has 1 heterocycles. The Morgan fingerprint density at radius 3 is 2.44 bits per heavy atom. The van der Waals surface area contributed by atoms with Crippen molar-refractivity contribution in [2.75, 3.05) is 19.4 Å². The minimum absolute atomic E-state index is 0.213. The van der Waals surface area contributed by atoms with Gasteiger partial charge in [-0.25, -0.2) is 13.1 Å². The standard InChI is InChI=1S/C20H26N2O4S/c1-3-26-20(23)7-6-16-11-17(8-10-22-27(2,24)25)13-19(12-16)14-18-5-4-9-21-15-18/h4-5,9,11-13,15,22H,3,6-8,10,14H2,1-2H3. The Balaban J connectivity index is 2.14. The van der Waals surface area contributed by atoms with Crippen molar-refractivity contribution in [3.05, 3.63) is 65.0 Å². The quantitative estimate of drug-likeness (QED) is 0.629. The van der Waals surface area contributed by atoms with Crippen LogP contribution in [0.1, 0.15) is 35.6 Å². The summed E-state index contributed by atoms with van der Waals surface area (Å²) in [6.45, 7) is 2.51. The van der Waals surface area contributed by atoms with E-state index in [9.17, 15) is 13.2 Å². The number of carbonyl (C=O) groups is 1. The van der Waals surface area contributed by atoms with E-state index < -0.39 is 10.0 Å². The van der Waals surface area contributed by atoms with Crippen LogP contribution in [0.2, 0.25) is 0 Å². The summed E-state index contributed by atoms with van der Waals surface area (Å²) >= 11 is 0. The average Bonchev–Trinajstić information content (AvgIpc) is 2.60. The highest BCUT2D eigenvalue weighted by Crippen LogP contribution is 2.16. The molecule has 0 aliphatic carbocycles. The van der Waals surface area contributed by atoms with Gasteiger partial charge in [-0.1, -0.05) is 24.3 Å². The van der Waals surface area contributed by atoms with Gasteiger partial charge in [-0.3, -0.25) is 9.78 Å². The molecule has 1 aromatic carbocycles. The van der Waals surface area contributed by atoms with Gasteiger partial charge in [-0.15, -0.1) is 0 Å². The molecule has 7 heteroatoms. The van der Waals surface area contributed by atoms with Gasteiger partial charge in [-0.2, -0.15) is 0 Å². The van der Waals surface area contributed by atoms with Crippen LogP contribution in [-0.2, 0) is 38.8 Å². The maximum absolute atomic E-state index is 11.7. The van der Waals surface area contributed by atoms with Crippen molar-refractivity contribution in [1.82, 2.24) is 9.71 Å². The van der Waals surface area contributed by atoms with Crippen LogP contribution in [0.5, 0.6) is 0 Å². The second kappa shape index (κ2) is 10.2. The van der Waals surface area contributed by atoms with Gasteiger partial charge in [-0.05, 0) is 54.5 Å². The van der Waals surface area contributed by atoms with Gasteiger partial charge in [0.2, 0.25) is 10.0 Å². The Kier molecular flexibility index (Phi) is 7.94. The van der Waals surface area contributed by atoms with Crippen LogP contribution in [0, 0.1) is 0 Å². The molecule has 0 spiro atoms. The molecule has 0 saturated carbocycles. The minimum atomic E-state index is -3.21. The van der Waals surface area contributed by atoms with E-state index in [-0.39, 0.29) is 5.97 Å². The summed E-state index contributed by atoms with van der Waals surface area (Å²) in [5, 5.41) is 0. The lowest BCUT2D eigenvalue weighted by atomic mass is 9.97. The highest BCUT2D eigenvalue weighted by molar-refractivity contribution is 7.88. The fourth-order valence-corrected chi connectivity index (χ4v) is 3.30. The van der Waals surface area contributed by atoms with E-state index in [0.29, 0.717) is 32.4 Å². The molecule has 2 aromatic rings. The number of ether oxygens (including phenoxy) is 1. The number of carbonyl (C=O) groups excluding carboxylic acids is 1. The number of aromatic nitrogens is 1. The smallest absolute Gasteiger partial charge is 0.306 e. The minimum Gasteiger partial charge on any atom is -0.466 e. The van der Waals surface area contributed by atoms with E-state index >= 15 is 0 Å². The second-order valence-corrected chi connectivity index (χ2v) is 8.25. The molecule has 0 unspecified atom stereocenters. The number of hydrogen-bond acceptors (Lipinski definition) is 5. The van der Waals surface area contributed by atoms with Crippen LogP contribution >= 0.6 is 0 Å². The SMILES string of the molecule is CCOC(=O)CCc1cc(CCNS(C)(=O)=O)cc(Cc2cccnc2)c1. The molecule has 6 nitrogen and oxygen atoms in total. The molecular weight excluding hydrogens is 364 g/mol. The van der Waals surface area contributed by atoms with Gasteiger partial charge >= 0.3 is 5.97 Å². The van der Waals surface area contributed by atoms with E-state index in [0.717, 1.165) is 34.9 Å². The number of sulfonamides is 1. The zero-order chi connectivity index (χ0) is 19.7. The van der Waals surface area contributed by atoms with Crippen LogP contribution in [0.25, 0.3) is 0 Å². The lowest BCUT2D eigenvalue weighted by Crippen LogP contribution is -2.24. The number of benzene rings is 1. The highest BCUT2D eigenvalue weighted by atomic mass is 32.2. The van der Waals surface area contributed by atoms with Crippen molar-refractivity contribution in [3.63, 3.8) is 0 Å². The number of hydrogen-bond donors (Lipinski definition) is 1. The van der Waals surface area contributed by atoms with Crippen molar-refractivity contribution < 1.29 is 17.9 Å². The van der Waals surface area contributed by atoms with Crippen LogP contribution in [0.15, 0.2) is 42.7 Å². The van der Waals surface area contributed by atoms with Gasteiger partial charge in [0, 0.05) is 25.4 Å². The summed E-state index contributed by atoms with van der Waals surface area (Å²) < 4.78 is 30.0. The Morgan fingerprint density at radius 1 is 1.11 bits per heavy atom. The number of aryl methyl sites for hydroxylation is 1. The van der Waals surface area contributed by atoms with Gasteiger partial charge < -0.3 is 4.74 Å². The normalized spacial score (nSPS) is 11.3. The average molecular weight is 391 g/mol. The van der Waals surface area contributed by atoms with E-state index in [1.54, 1.807) is 13.1 Å². The lowest BCUT2D eigenvalue weighted by molar-refractivity contribution is -0.143. The molecule has 0 atom stereocenters. The molecule has 27 heavy (non-hydrogen) atoms. The Morgan fingerprint density at radius 2 is 1.81 bits per heavy atom. The summed E-state index contributed by atoms with van der Waals surface area (Å²) in [6, 6.07) is 10.1. The van der Waals surface area contributed by atoms with Crippen molar-refractivity contribution in [3.8, 4) is 0 Å². The van der Waals surface area contributed by atoms with Crippen LogP contribution in [0.4, 0.5) is 0 Å². The fourth-order valence-electron chi connectivity index (χ4n) is 2.83. The lowest BCUT2D eigenvalue weighted by Gasteiger charge is -2.11. The second-order valence-electron chi connectivity index (χ2n) is 6.42. The van der Waals surface area contributed by atoms with E-state index in [1.165, 1.54) is 0 Å². The molecule has 0 fully saturated rings. The predicted molar refractivity (Wildman–Crippen MR) is 105 cm³/mol. The van der Waals surface area contributed by atoms with Gasteiger partial charge in [0.25, 0.3) is 0 Å². The first kappa shape index (κ1) is 21.1. The summed E-state index contributed by atoms with van der Waals surface area (Å²) in [4.78, 5) is 15.8. The third-order valence-corrected chi connectivity index (χ3v) is 4.67. The number of rotatable bonds is 10. The Labute approximate surface area is 161 Å². The third kappa shape index (κ3) is 8.32. The van der Waals surface area contributed by atoms with Crippen LogP contribution in [0.3, 0.4) is 0 Å². The molecule has 0 saturated heterocycles. The summed E-state index contributed by atoms with van der Waals surface area (Å²) in [6.07, 6.45) is 6.94. The Bertz CT molecular complexity index is 852. The number of nitrogens with one attached hydrogen (secondary N) is 1. The van der Waals surface area contributed by atoms with Crippen molar-refractivity contribution in [1.29, 1.82) is 0 Å². The first-order valence-electron chi connectivity index (χ1n) is 8.96. The maximum Gasteiger partial charge on any atom is 0.306 e. The fraction of sp³-hybridized carbons (Fsp3) is 0.400. The Hall–Kier alpha value is -2.25. The van der Waals surface area contributed by atoms with Crippen molar-refractivity contribution in [2.24, 2.45) is 0 Å². The van der Waals surface area contributed by atoms with E-state index in [4.69, 9.17) is 4.74 Å². The van der Waals surface area contributed by atoms with Gasteiger partial charge in [0.15, 0.2) is 0 Å². The van der Waals surface area contributed by atoms with E-state index in [2.05, 4.69) is 21.8 Å². The molecule has 0 bridgehead atoms. The van der Waals surface area contributed by atoms with Crippen LogP contribution in [-0.4, -0.2) is 38.8 Å². The largest absolute Gasteiger partial charge is 0.466 e. The molecule has 146 valence electrons. The van der Waals surface area contributed by atoms with Crippen molar-refractivity contribution in [2.45, 2.75) is 32.6 Å². The monoisotopic (exact) mass is 390 g/mol. The summed E-state index contributed by atoms with van der Waals surface area (Å²) in [5.41, 5.74) is 4.28. The molecule has 1 aromatic heterocycles. The summed E-state index contributed by atoms with van der Waals surface area (Å²) in [7, 11) is -3.21. The van der Waals surface area contributed by atoms with E-state index in [1.807, 2.05) is 24.4 Å². The number of pyridine rings is 1. The maximum atomic E-state index is 11.7. The topological polar surface area (TPSA) is 85.4 Å². The van der Waals surface area contributed by atoms with Crippen LogP contribution < -0.4 is 4.72 Å². The van der Waals surface area contributed by atoms with Gasteiger partial charge in [0.05, 0.1) is 12.9 Å².